The predicted molar refractivity (Wildman–Crippen MR) is 68.5 cm³/mol. The quantitative estimate of drug-likeness (QED) is 0.640. The van der Waals surface area contributed by atoms with Crippen molar-refractivity contribution in [3.05, 3.63) is 47.5 Å². The number of halogens is 1. The van der Waals surface area contributed by atoms with Gasteiger partial charge in [0, 0.05) is 5.92 Å². The monoisotopic (exact) mass is 220 g/mol. The van der Waals surface area contributed by atoms with E-state index in [0.29, 0.717) is 6.42 Å². The van der Waals surface area contributed by atoms with Crippen molar-refractivity contribution in [2.75, 3.05) is 0 Å². The molecule has 0 saturated heterocycles. The zero-order chi connectivity index (χ0) is 12.3. The lowest BCUT2D eigenvalue weighted by molar-refractivity contribution is 0.193. The van der Waals surface area contributed by atoms with Crippen molar-refractivity contribution >= 4 is 0 Å². The second kappa shape index (κ2) is 4.82. The van der Waals surface area contributed by atoms with Crippen molar-refractivity contribution in [3.63, 3.8) is 0 Å². The highest BCUT2D eigenvalue weighted by Crippen LogP contribution is 2.33. The zero-order valence-corrected chi connectivity index (χ0v) is 10.7. The molecule has 0 aliphatic carbocycles. The number of benzene rings is 1. The number of aryl methyl sites for hydroxylation is 1. The Morgan fingerprint density at radius 3 is 2.19 bits per heavy atom. The molecule has 0 aliphatic rings. The van der Waals surface area contributed by atoms with Gasteiger partial charge in [-0.05, 0) is 39.7 Å². The van der Waals surface area contributed by atoms with Gasteiger partial charge in [-0.1, -0.05) is 42.0 Å². The van der Waals surface area contributed by atoms with E-state index in [1.807, 2.05) is 6.92 Å². The Kier molecular flexibility index (Phi) is 3.90. The first-order valence-electron chi connectivity index (χ1n) is 5.70. The SMILES string of the molecule is C=C(C)[C@@H](CC(C)(C)F)c1ccc(C)cc1. The maximum absolute atomic E-state index is 13.7. The fourth-order valence-corrected chi connectivity index (χ4v) is 1.86. The molecule has 0 aliphatic heterocycles. The van der Waals surface area contributed by atoms with Crippen LogP contribution in [0, 0.1) is 6.92 Å². The molecule has 16 heavy (non-hydrogen) atoms. The molecular formula is C15H21F. The molecule has 1 heteroatoms. The molecular weight excluding hydrogens is 199 g/mol. The van der Waals surface area contributed by atoms with Gasteiger partial charge in [-0.3, -0.25) is 0 Å². The maximum Gasteiger partial charge on any atom is 0.106 e. The molecule has 0 aromatic heterocycles. The van der Waals surface area contributed by atoms with Crippen molar-refractivity contribution < 1.29 is 4.39 Å². The Morgan fingerprint density at radius 1 is 1.31 bits per heavy atom. The lowest BCUT2D eigenvalue weighted by Gasteiger charge is -2.24. The van der Waals surface area contributed by atoms with Gasteiger partial charge in [-0.25, -0.2) is 4.39 Å². The van der Waals surface area contributed by atoms with Gasteiger partial charge < -0.3 is 0 Å². The van der Waals surface area contributed by atoms with Crippen LogP contribution in [0.3, 0.4) is 0 Å². The molecule has 1 aromatic rings. The summed E-state index contributed by atoms with van der Waals surface area (Å²) in [5.41, 5.74) is 2.25. The van der Waals surface area contributed by atoms with E-state index in [9.17, 15) is 4.39 Å². The summed E-state index contributed by atoms with van der Waals surface area (Å²) in [6, 6.07) is 8.27. The average molecular weight is 220 g/mol. The van der Waals surface area contributed by atoms with Gasteiger partial charge in [-0.15, -0.1) is 0 Å². The molecule has 0 amide bonds. The molecule has 1 atom stereocenters. The molecule has 0 unspecified atom stereocenters. The van der Waals surface area contributed by atoms with Gasteiger partial charge in [-0.2, -0.15) is 0 Å². The minimum atomic E-state index is -1.16. The minimum Gasteiger partial charge on any atom is -0.244 e. The zero-order valence-electron chi connectivity index (χ0n) is 10.7. The van der Waals surface area contributed by atoms with Crippen LogP contribution in [0.1, 0.15) is 44.2 Å². The van der Waals surface area contributed by atoms with Crippen molar-refractivity contribution in [3.8, 4) is 0 Å². The van der Waals surface area contributed by atoms with Gasteiger partial charge in [0.1, 0.15) is 5.67 Å². The summed E-state index contributed by atoms with van der Waals surface area (Å²) in [6.07, 6.45) is 0.491. The Labute approximate surface area is 98.2 Å². The molecule has 0 radical (unpaired) electrons. The predicted octanol–water partition coefficient (Wildman–Crippen LogP) is 4.79. The summed E-state index contributed by atoms with van der Waals surface area (Å²) in [7, 11) is 0. The van der Waals surface area contributed by atoms with Crippen molar-refractivity contribution in [2.45, 2.75) is 45.7 Å². The van der Waals surface area contributed by atoms with Gasteiger partial charge >= 0.3 is 0 Å². The van der Waals surface area contributed by atoms with Gasteiger partial charge in [0.25, 0.3) is 0 Å². The Bertz CT molecular complexity index is 354. The molecule has 1 aromatic carbocycles. The minimum absolute atomic E-state index is 0.112. The number of hydrogen-bond donors (Lipinski definition) is 0. The molecule has 0 N–H and O–H groups in total. The highest BCUT2D eigenvalue weighted by Gasteiger charge is 2.23. The van der Waals surface area contributed by atoms with Crippen LogP contribution >= 0.6 is 0 Å². The van der Waals surface area contributed by atoms with E-state index < -0.39 is 5.67 Å². The van der Waals surface area contributed by atoms with Gasteiger partial charge in [0.15, 0.2) is 0 Å². The third-order valence-corrected chi connectivity index (χ3v) is 2.76. The Balaban J connectivity index is 2.94. The molecule has 0 fully saturated rings. The van der Waals surface area contributed by atoms with E-state index in [2.05, 4.69) is 37.8 Å². The van der Waals surface area contributed by atoms with Crippen LogP contribution < -0.4 is 0 Å². The summed E-state index contributed by atoms with van der Waals surface area (Å²) in [6.45, 7) is 11.2. The first kappa shape index (κ1) is 13.0. The molecule has 0 saturated carbocycles. The third kappa shape index (κ3) is 3.80. The topological polar surface area (TPSA) is 0 Å². The molecule has 0 heterocycles. The maximum atomic E-state index is 13.7. The van der Waals surface area contributed by atoms with Gasteiger partial charge in [0.05, 0.1) is 0 Å². The van der Waals surface area contributed by atoms with E-state index in [1.54, 1.807) is 13.8 Å². The van der Waals surface area contributed by atoms with E-state index >= 15 is 0 Å². The Morgan fingerprint density at radius 2 is 1.81 bits per heavy atom. The van der Waals surface area contributed by atoms with Crippen LogP contribution in [0.25, 0.3) is 0 Å². The third-order valence-electron chi connectivity index (χ3n) is 2.76. The summed E-state index contributed by atoms with van der Waals surface area (Å²) < 4.78 is 13.7. The fourth-order valence-electron chi connectivity index (χ4n) is 1.86. The molecule has 0 spiro atoms. The number of alkyl halides is 1. The lowest BCUT2D eigenvalue weighted by Crippen LogP contribution is -2.17. The van der Waals surface area contributed by atoms with E-state index in [0.717, 1.165) is 11.1 Å². The molecule has 0 bridgehead atoms. The average Bonchev–Trinajstić information content (AvgIpc) is 2.14. The molecule has 88 valence electrons. The largest absolute Gasteiger partial charge is 0.244 e. The number of rotatable bonds is 4. The summed E-state index contributed by atoms with van der Waals surface area (Å²) in [4.78, 5) is 0. The van der Waals surface area contributed by atoms with Crippen LogP contribution in [0.15, 0.2) is 36.4 Å². The van der Waals surface area contributed by atoms with Crippen LogP contribution in [-0.2, 0) is 0 Å². The van der Waals surface area contributed by atoms with Crippen LogP contribution in [0.5, 0.6) is 0 Å². The normalized spacial score (nSPS) is 13.6. The highest BCUT2D eigenvalue weighted by atomic mass is 19.1. The summed E-state index contributed by atoms with van der Waals surface area (Å²) >= 11 is 0. The standard InChI is InChI=1S/C15H21F/c1-11(2)14(10-15(4,5)16)13-8-6-12(3)7-9-13/h6-9,14H,1,10H2,2-5H3/t14-/m1/s1. The highest BCUT2D eigenvalue weighted by molar-refractivity contribution is 5.30. The lowest BCUT2D eigenvalue weighted by atomic mass is 9.84. The second-order valence-electron chi connectivity index (χ2n) is 5.23. The second-order valence-corrected chi connectivity index (χ2v) is 5.23. The summed E-state index contributed by atoms with van der Waals surface area (Å²) in [5, 5.41) is 0. The fraction of sp³-hybridized carbons (Fsp3) is 0.467. The van der Waals surface area contributed by atoms with E-state index in [1.165, 1.54) is 5.56 Å². The van der Waals surface area contributed by atoms with Crippen molar-refractivity contribution in [1.82, 2.24) is 0 Å². The number of allylic oxidation sites excluding steroid dienone is 1. The van der Waals surface area contributed by atoms with Crippen molar-refractivity contribution in [2.24, 2.45) is 0 Å². The van der Waals surface area contributed by atoms with E-state index in [4.69, 9.17) is 0 Å². The van der Waals surface area contributed by atoms with Crippen LogP contribution in [0.4, 0.5) is 4.39 Å². The molecule has 1 rings (SSSR count). The first-order valence-corrected chi connectivity index (χ1v) is 5.70. The number of hydrogen-bond acceptors (Lipinski definition) is 0. The van der Waals surface area contributed by atoms with Crippen LogP contribution in [-0.4, -0.2) is 5.67 Å². The van der Waals surface area contributed by atoms with Gasteiger partial charge in [0.2, 0.25) is 0 Å². The Hall–Kier alpha value is -1.11. The van der Waals surface area contributed by atoms with E-state index in [-0.39, 0.29) is 5.92 Å². The first-order chi connectivity index (χ1) is 7.29. The van der Waals surface area contributed by atoms with Crippen molar-refractivity contribution in [1.29, 1.82) is 0 Å². The smallest absolute Gasteiger partial charge is 0.106 e. The molecule has 0 nitrogen and oxygen atoms in total. The summed E-state index contributed by atoms with van der Waals surface area (Å²) in [5.74, 6) is 0.112. The van der Waals surface area contributed by atoms with Crippen LogP contribution in [0.2, 0.25) is 0 Å².